The number of halogens is 3. The van der Waals surface area contributed by atoms with E-state index in [9.17, 15) is 0 Å². The number of anilines is 1. The molecular formula is C25H33Cl3N6. The van der Waals surface area contributed by atoms with Crippen molar-refractivity contribution in [1.82, 2.24) is 25.1 Å². The molecule has 4 atom stereocenters. The van der Waals surface area contributed by atoms with E-state index in [1.807, 2.05) is 29.9 Å². The Bertz CT molecular complexity index is 1140. The molecule has 9 heteroatoms. The molecule has 2 fully saturated rings. The molecule has 2 aliphatic heterocycles. The van der Waals surface area contributed by atoms with Crippen LogP contribution < -0.4 is 10.2 Å². The van der Waals surface area contributed by atoms with Crippen molar-refractivity contribution in [2.24, 2.45) is 17.8 Å². The van der Waals surface area contributed by atoms with Crippen LogP contribution in [0.15, 0.2) is 24.4 Å². The minimum atomic E-state index is -0.0843. The molecule has 0 amide bonds. The van der Waals surface area contributed by atoms with Crippen LogP contribution in [0.5, 0.6) is 0 Å². The maximum absolute atomic E-state index is 6.50. The number of aryl methyl sites for hydroxylation is 1. The second kappa shape index (κ2) is 10.6. The van der Waals surface area contributed by atoms with Gasteiger partial charge in [0.2, 0.25) is 0 Å². The maximum Gasteiger partial charge on any atom is 0.179 e. The first kappa shape index (κ1) is 25.5. The third-order valence-corrected chi connectivity index (χ3v) is 8.14. The van der Waals surface area contributed by atoms with Gasteiger partial charge in [0, 0.05) is 23.1 Å². The number of benzene rings is 1. The fourth-order valence-electron chi connectivity index (χ4n) is 5.75. The summed E-state index contributed by atoms with van der Waals surface area (Å²) < 4.78 is 1.94. The summed E-state index contributed by atoms with van der Waals surface area (Å²) in [5, 5.41) is 9.63. The highest BCUT2D eigenvalue weighted by Gasteiger charge is 2.33. The number of hydrogen-bond donors (Lipinski definition) is 1. The van der Waals surface area contributed by atoms with Gasteiger partial charge in [0.05, 0.1) is 17.9 Å². The summed E-state index contributed by atoms with van der Waals surface area (Å²) in [6.45, 7) is 10.9. The summed E-state index contributed by atoms with van der Waals surface area (Å²) >= 11 is 12.6. The van der Waals surface area contributed by atoms with Crippen LogP contribution in [0.25, 0.3) is 11.2 Å². The topological polar surface area (TPSA) is 58.9 Å². The van der Waals surface area contributed by atoms with Crippen molar-refractivity contribution in [3.8, 4) is 0 Å². The smallest absolute Gasteiger partial charge is 0.179 e. The Morgan fingerprint density at radius 3 is 2.74 bits per heavy atom. The van der Waals surface area contributed by atoms with Crippen molar-refractivity contribution in [2.45, 2.75) is 46.1 Å². The van der Waals surface area contributed by atoms with Gasteiger partial charge in [-0.2, -0.15) is 5.10 Å². The molecule has 0 radical (unpaired) electrons. The van der Waals surface area contributed by atoms with Crippen LogP contribution in [0, 0.1) is 24.7 Å². The summed E-state index contributed by atoms with van der Waals surface area (Å²) in [7, 11) is 0. The third-order valence-electron chi connectivity index (χ3n) is 7.57. The van der Waals surface area contributed by atoms with Crippen LogP contribution in [0.2, 0.25) is 10.0 Å². The molecule has 4 heterocycles. The zero-order valence-corrected chi connectivity index (χ0v) is 22.3. The lowest BCUT2D eigenvalue weighted by atomic mass is 9.74. The van der Waals surface area contributed by atoms with Crippen LogP contribution >= 0.6 is 35.6 Å². The predicted octanol–water partition coefficient (Wildman–Crippen LogP) is 5.93. The largest absolute Gasteiger partial charge is 0.355 e. The normalized spacial score (nSPS) is 24.1. The molecular weight excluding hydrogens is 491 g/mol. The minimum Gasteiger partial charge on any atom is -0.355 e. The fraction of sp³-hybridized carbons (Fsp3) is 0.560. The second-order valence-corrected chi connectivity index (χ2v) is 10.6. The number of nitrogens with zero attached hydrogens (tertiary/aromatic N) is 5. The van der Waals surface area contributed by atoms with Gasteiger partial charge in [0.25, 0.3) is 0 Å². The Kier molecular flexibility index (Phi) is 7.92. The number of fused-ring (bicyclic) bond motifs is 1. The monoisotopic (exact) mass is 522 g/mol. The number of hydrogen-bond acceptors (Lipinski definition) is 5. The molecule has 2 aromatic heterocycles. The van der Waals surface area contributed by atoms with Gasteiger partial charge in [-0.3, -0.25) is 0 Å². The maximum atomic E-state index is 6.50. The number of rotatable bonds is 4. The average molecular weight is 524 g/mol. The predicted molar refractivity (Wildman–Crippen MR) is 143 cm³/mol. The molecule has 34 heavy (non-hydrogen) atoms. The van der Waals surface area contributed by atoms with E-state index in [1.165, 1.54) is 32.4 Å². The van der Waals surface area contributed by atoms with Gasteiger partial charge in [-0.1, -0.05) is 36.2 Å². The standard InChI is InChI=1S/C25H32Cl2N6.ClH/c1-15-14-32(10-8-20(15)18-5-4-9-28-12-18)23-13-29-24-16(2)31-33(25(24)30-23)17(3)21-7-6-19(26)11-22(21)27;/h6-7,11,13,15,17-18,20,28H,4-5,8-10,12,14H2,1-3H3;1H/t15?,17-,18?,20?;/m1./s1. The lowest BCUT2D eigenvalue weighted by molar-refractivity contribution is 0.171. The quantitative estimate of drug-likeness (QED) is 0.459. The summed E-state index contributed by atoms with van der Waals surface area (Å²) in [4.78, 5) is 12.2. The van der Waals surface area contributed by atoms with E-state index in [4.69, 9.17) is 38.3 Å². The van der Waals surface area contributed by atoms with E-state index >= 15 is 0 Å². The Labute approximate surface area is 217 Å². The first-order valence-electron chi connectivity index (χ1n) is 12.0. The van der Waals surface area contributed by atoms with Crippen LogP contribution in [0.3, 0.4) is 0 Å². The van der Waals surface area contributed by atoms with Crippen molar-refractivity contribution in [2.75, 3.05) is 31.1 Å². The lowest BCUT2D eigenvalue weighted by Crippen LogP contribution is -2.45. The molecule has 2 saturated heterocycles. The van der Waals surface area contributed by atoms with Gasteiger partial charge >= 0.3 is 0 Å². The number of piperidine rings is 2. The van der Waals surface area contributed by atoms with E-state index in [-0.39, 0.29) is 18.4 Å². The minimum absolute atomic E-state index is 0. The molecule has 1 N–H and O–H groups in total. The van der Waals surface area contributed by atoms with Gasteiger partial charge in [-0.05, 0) is 81.6 Å². The van der Waals surface area contributed by atoms with Gasteiger partial charge < -0.3 is 10.2 Å². The Balaban J connectivity index is 0.00000274. The van der Waals surface area contributed by atoms with E-state index in [0.717, 1.165) is 53.2 Å². The van der Waals surface area contributed by atoms with E-state index < -0.39 is 0 Å². The molecule has 0 saturated carbocycles. The third kappa shape index (κ3) is 4.88. The molecule has 0 aliphatic carbocycles. The molecule has 2 aliphatic rings. The van der Waals surface area contributed by atoms with E-state index in [0.29, 0.717) is 16.0 Å². The summed E-state index contributed by atoms with van der Waals surface area (Å²) in [5.74, 6) is 3.16. The van der Waals surface area contributed by atoms with E-state index in [2.05, 4.69) is 24.1 Å². The van der Waals surface area contributed by atoms with Crippen LogP contribution in [0.1, 0.15) is 50.4 Å². The fourth-order valence-corrected chi connectivity index (χ4v) is 6.32. The SMILES string of the molecule is Cc1nn([C@H](C)c2ccc(Cl)cc2Cl)c2nc(N3CCC(C4CCCNC4)C(C)C3)cnc12.Cl. The summed E-state index contributed by atoms with van der Waals surface area (Å²) in [6, 6.07) is 5.52. The molecule has 184 valence electrons. The molecule has 0 spiro atoms. The van der Waals surface area contributed by atoms with Crippen molar-refractivity contribution < 1.29 is 0 Å². The van der Waals surface area contributed by atoms with Crippen molar-refractivity contribution >= 4 is 52.6 Å². The number of aromatic nitrogens is 4. The number of nitrogens with one attached hydrogen (secondary N) is 1. The first-order chi connectivity index (χ1) is 15.9. The highest BCUT2D eigenvalue weighted by molar-refractivity contribution is 6.35. The van der Waals surface area contributed by atoms with Crippen molar-refractivity contribution in [3.63, 3.8) is 0 Å². The van der Waals surface area contributed by atoms with Gasteiger partial charge in [-0.25, -0.2) is 14.6 Å². The van der Waals surface area contributed by atoms with E-state index in [1.54, 1.807) is 6.07 Å². The molecule has 5 rings (SSSR count). The Hall–Kier alpha value is -1.60. The zero-order valence-electron chi connectivity index (χ0n) is 20.0. The Morgan fingerprint density at radius 1 is 1.21 bits per heavy atom. The Morgan fingerprint density at radius 2 is 2.03 bits per heavy atom. The van der Waals surface area contributed by atoms with Crippen molar-refractivity contribution in [3.05, 3.63) is 45.7 Å². The molecule has 3 aromatic rings. The zero-order chi connectivity index (χ0) is 23.1. The van der Waals surface area contributed by atoms with Gasteiger partial charge in [0.1, 0.15) is 11.3 Å². The highest BCUT2D eigenvalue weighted by Crippen LogP contribution is 2.35. The van der Waals surface area contributed by atoms with Crippen LogP contribution in [-0.4, -0.2) is 45.9 Å². The first-order valence-corrected chi connectivity index (χ1v) is 12.8. The molecule has 3 unspecified atom stereocenters. The lowest BCUT2D eigenvalue weighted by Gasteiger charge is -2.42. The molecule has 0 bridgehead atoms. The molecule has 1 aromatic carbocycles. The second-order valence-electron chi connectivity index (χ2n) is 9.75. The summed E-state index contributed by atoms with van der Waals surface area (Å²) in [5.41, 5.74) is 3.48. The van der Waals surface area contributed by atoms with Gasteiger partial charge in [0.15, 0.2) is 5.65 Å². The highest BCUT2D eigenvalue weighted by atomic mass is 35.5. The molecule has 6 nitrogen and oxygen atoms in total. The van der Waals surface area contributed by atoms with Gasteiger partial charge in [-0.15, -0.1) is 12.4 Å². The average Bonchev–Trinajstić information content (AvgIpc) is 3.15. The van der Waals surface area contributed by atoms with Crippen LogP contribution in [-0.2, 0) is 0 Å². The van der Waals surface area contributed by atoms with Crippen LogP contribution in [0.4, 0.5) is 5.82 Å². The summed E-state index contributed by atoms with van der Waals surface area (Å²) in [6.07, 6.45) is 5.79. The van der Waals surface area contributed by atoms with Crippen molar-refractivity contribution in [1.29, 1.82) is 0 Å².